The van der Waals surface area contributed by atoms with E-state index in [1.54, 1.807) is 18.2 Å². The van der Waals surface area contributed by atoms with Crippen LogP contribution in [0.5, 0.6) is 5.75 Å². The van der Waals surface area contributed by atoms with Crippen molar-refractivity contribution < 1.29 is 17.9 Å². The van der Waals surface area contributed by atoms with Gasteiger partial charge in [-0.3, -0.25) is 0 Å². The highest BCUT2D eigenvalue weighted by atomic mass is 19.2. The first-order valence-electron chi connectivity index (χ1n) is 12.2. The third-order valence-corrected chi connectivity index (χ3v) is 6.81. The highest BCUT2D eigenvalue weighted by molar-refractivity contribution is 5.67. The first-order valence-corrected chi connectivity index (χ1v) is 12.2. The van der Waals surface area contributed by atoms with Crippen LogP contribution < -0.4 is 4.74 Å². The Morgan fingerprint density at radius 1 is 0.853 bits per heavy atom. The van der Waals surface area contributed by atoms with Crippen LogP contribution in [0.3, 0.4) is 0 Å². The van der Waals surface area contributed by atoms with E-state index in [2.05, 4.69) is 13.0 Å². The van der Waals surface area contributed by atoms with E-state index >= 15 is 0 Å². The number of benzene rings is 3. The van der Waals surface area contributed by atoms with Gasteiger partial charge in [0.25, 0.3) is 0 Å². The van der Waals surface area contributed by atoms with Crippen molar-refractivity contribution in [1.82, 2.24) is 0 Å². The van der Waals surface area contributed by atoms with E-state index in [1.165, 1.54) is 6.07 Å². The quantitative estimate of drug-likeness (QED) is 0.324. The predicted molar refractivity (Wildman–Crippen MR) is 132 cm³/mol. The average molecular weight is 465 g/mol. The molecule has 0 radical (unpaired) electrons. The van der Waals surface area contributed by atoms with Crippen molar-refractivity contribution in [2.45, 2.75) is 52.4 Å². The summed E-state index contributed by atoms with van der Waals surface area (Å²) >= 11 is 0. The maximum Gasteiger partial charge on any atom is 0.166 e. The Labute approximate surface area is 200 Å². The van der Waals surface area contributed by atoms with Crippen LogP contribution in [0, 0.1) is 23.4 Å². The standard InChI is InChI=1S/C30H31F3O/c1-3-20-5-12-23(13-6-20)26-17-15-24(29(32)30(26)33)14-9-21-7-10-22(11-8-21)25-16-18-28(34-4-2)27(31)19-25/h7-8,10-12,15-20H,3-6,9,13-14H2,1-2H3. The molecule has 0 saturated heterocycles. The summed E-state index contributed by atoms with van der Waals surface area (Å²) in [6.45, 7) is 4.40. The van der Waals surface area contributed by atoms with Crippen LogP contribution in [0.15, 0.2) is 60.7 Å². The summed E-state index contributed by atoms with van der Waals surface area (Å²) in [5, 5.41) is 0. The summed E-state index contributed by atoms with van der Waals surface area (Å²) in [5.74, 6) is -0.966. The summed E-state index contributed by atoms with van der Waals surface area (Å²) in [7, 11) is 0. The molecule has 1 aliphatic carbocycles. The molecule has 0 aromatic heterocycles. The third kappa shape index (κ3) is 5.38. The second kappa shape index (κ2) is 10.9. The van der Waals surface area contributed by atoms with Gasteiger partial charge in [0.15, 0.2) is 23.2 Å². The molecule has 3 aromatic carbocycles. The van der Waals surface area contributed by atoms with E-state index in [0.717, 1.165) is 47.9 Å². The zero-order valence-electron chi connectivity index (χ0n) is 19.8. The lowest BCUT2D eigenvalue weighted by Crippen LogP contribution is -2.07. The lowest BCUT2D eigenvalue weighted by Gasteiger charge is -2.21. The first-order chi connectivity index (χ1) is 16.5. The van der Waals surface area contributed by atoms with E-state index in [-0.39, 0.29) is 5.75 Å². The molecule has 0 saturated carbocycles. The summed E-state index contributed by atoms with van der Waals surface area (Å²) in [4.78, 5) is 0. The molecule has 1 atom stereocenters. The molecule has 4 rings (SSSR count). The fraction of sp³-hybridized carbons (Fsp3) is 0.333. The monoisotopic (exact) mass is 464 g/mol. The van der Waals surface area contributed by atoms with Crippen molar-refractivity contribution in [2.75, 3.05) is 6.61 Å². The summed E-state index contributed by atoms with van der Waals surface area (Å²) < 4.78 is 49.1. The van der Waals surface area contributed by atoms with Gasteiger partial charge in [-0.2, -0.15) is 0 Å². The molecule has 3 aromatic rings. The predicted octanol–water partition coefficient (Wildman–Crippen LogP) is 8.55. The molecular formula is C30H31F3O. The summed E-state index contributed by atoms with van der Waals surface area (Å²) in [6, 6.07) is 16.1. The highest BCUT2D eigenvalue weighted by Gasteiger charge is 2.20. The van der Waals surface area contributed by atoms with Gasteiger partial charge in [0, 0.05) is 5.56 Å². The van der Waals surface area contributed by atoms with Crippen molar-refractivity contribution >= 4 is 5.57 Å². The van der Waals surface area contributed by atoms with Gasteiger partial charge in [-0.1, -0.05) is 61.9 Å². The minimum Gasteiger partial charge on any atom is -0.491 e. The summed E-state index contributed by atoms with van der Waals surface area (Å²) in [6.07, 6.45) is 6.98. The van der Waals surface area contributed by atoms with Gasteiger partial charge < -0.3 is 4.74 Å². The van der Waals surface area contributed by atoms with Crippen molar-refractivity contribution in [3.63, 3.8) is 0 Å². The second-order valence-electron chi connectivity index (χ2n) is 8.95. The fourth-order valence-electron chi connectivity index (χ4n) is 4.63. The zero-order chi connectivity index (χ0) is 24.1. The van der Waals surface area contributed by atoms with Crippen LogP contribution in [-0.4, -0.2) is 6.61 Å². The number of allylic oxidation sites excluding steroid dienone is 2. The minimum absolute atomic E-state index is 0.244. The minimum atomic E-state index is -0.738. The van der Waals surface area contributed by atoms with Gasteiger partial charge in [-0.25, -0.2) is 13.2 Å². The number of hydrogen-bond acceptors (Lipinski definition) is 1. The molecule has 1 nitrogen and oxygen atoms in total. The van der Waals surface area contributed by atoms with E-state index in [4.69, 9.17) is 4.74 Å². The Bertz CT molecular complexity index is 1160. The molecule has 178 valence electrons. The number of halogens is 3. The maximum absolute atomic E-state index is 14.8. The van der Waals surface area contributed by atoms with Gasteiger partial charge in [-0.05, 0) is 84.9 Å². The van der Waals surface area contributed by atoms with Crippen LogP contribution in [0.25, 0.3) is 16.7 Å². The van der Waals surface area contributed by atoms with Crippen molar-refractivity contribution in [3.8, 4) is 16.9 Å². The van der Waals surface area contributed by atoms with E-state index in [0.29, 0.717) is 36.5 Å². The topological polar surface area (TPSA) is 9.23 Å². The fourth-order valence-corrected chi connectivity index (χ4v) is 4.63. The second-order valence-corrected chi connectivity index (χ2v) is 8.95. The maximum atomic E-state index is 14.8. The average Bonchev–Trinajstić information content (AvgIpc) is 2.87. The van der Waals surface area contributed by atoms with Crippen LogP contribution in [0.4, 0.5) is 13.2 Å². The van der Waals surface area contributed by atoms with Gasteiger partial charge >= 0.3 is 0 Å². The van der Waals surface area contributed by atoms with E-state index in [1.807, 2.05) is 37.3 Å². The Hall–Kier alpha value is -3.01. The van der Waals surface area contributed by atoms with Crippen molar-refractivity contribution in [1.29, 1.82) is 0 Å². The summed E-state index contributed by atoms with van der Waals surface area (Å²) in [5.41, 5.74) is 4.38. The molecule has 34 heavy (non-hydrogen) atoms. The number of aryl methyl sites for hydroxylation is 2. The first kappa shape index (κ1) is 24.1. The third-order valence-electron chi connectivity index (χ3n) is 6.81. The largest absolute Gasteiger partial charge is 0.491 e. The molecule has 4 heteroatoms. The SMILES string of the molecule is CCOc1ccc(-c2ccc(CCc3ccc(C4=CCC(CC)CC4)c(F)c3F)cc2)cc1F. The molecule has 0 N–H and O–H groups in total. The molecule has 1 unspecified atom stereocenters. The molecule has 0 heterocycles. The molecule has 0 fully saturated rings. The van der Waals surface area contributed by atoms with Crippen LogP contribution >= 0.6 is 0 Å². The highest BCUT2D eigenvalue weighted by Crippen LogP contribution is 2.34. The molecule has 0 amide bonds. The van der Waals surface area contributed by atoms with Gasteiger partial charge in [0.05, 0.1) is 6.61 Å². The molecule has 0 spiro atoms. The Morgan fingerprint density at radius 3 is 2.26 bits per heavy atom. The number of ether oxygens (including phenoxy) is 1. The number of hydrogen-bond donors (Lipinski definition) is 0. The van der Waals surface area contributed by atoms with Crippen LogP contribution in [0.2, 0.25) is 0 Å². The molecular weight excluding hydrogens is 433 g/mol. The zero-order valence-corrected chi connectivity index (χ0v) is 19.8. The van der Waals surface area contributed by atoms with Gasteiger partial charge in [-0.15, -0.1) is 0 Å². The van der Waals surface area contributed by atoms with Crippen molar-refractivity contribution in [2.24, 2.45) is 5.92 Å². The lowest BCUT2D eigenvalue weighted by molar-refractivity contribution is 0.321. The van der Waals surface area contributed by atoms with E-state index in [9.17, 15) is 13.2 Å². The smallest absolute Gasteiger partial charge is 0.166 e. The Balaban J connectivity index is 1.42. The molecule has 0 aliphatic heterocycles. The molecule has 1 aliphatic rings. The lowest BCUT2D eigenvalue weighted by atomic mass is 9.85. The normalized spacial score (nSPS) is 15.8. The van der Waals surface area contributed by atoms with Crippen molar-refractivity contribution in [3.05, 3.63) is 94.8 Å². The van der Waals surface area contributed by atoms with Crippen LogP contribution in [-0.2, 0) is 12.8 Å². The molecule has 0 bridgehead atoms. The Kier molecular flexibility index (Phi) is 7.77. The van der Waals surface area contributed by atoms with Gasteiger partial charge in [0.2, 0.25) is 0 Å². The number of rotatable bonds is 8. The van der Waals surface area contributed by atoms with Crippen LogP contribution in [0.1, 0.15) is 56.2 Å². The van der Waals surface area contributed by atoms with Gasteiger partial charge in [0.1, 0.15) is 0 Å². The Morgan fingerprint density at radius 2 is 1.62 bits per heavy atom. The van der Waals surface area contributed by atoms with E-state index < -0.39 is 17.5 Å².